The zero-order valence-corrected chi connectivity index (χ0v) is 14.4. The molecule has 0 radical (unpaired) electrons. The van der Waals surface area contributed by atoms with Gasteiger partial charge in [0.05, 0.1) is 26.2 Å². The number of fused-ring (bicyclic) bond motifs is 1. The highest BCUT2D eigenvalue weighted by atomic mass is 35.5. The highest BCUT2D eigenvalue weighted by molar-refractivity contribution is 6.31. The average molecular weight is 362 g/mol. The molecule has 1 aliphatic rings. The van der Waals surface area contributed by atoms with Crippen LogP contribution in [0.5, 0.6) is 11.5 Å². The van der Waals surface area contributed by atoms with Crippen molar-refractivity contribution in [3.8, 4) is 11.5 Å². The highest BCUT2D eigenvalue weighted by Gasteiger charge is 2.47. The van der Waals surface area contributed by atoms with Crippen molar-refractivity contribution in [3.63, 3.8) is 0 Å². The molecule has 0 aromatic heterocycles. The number of nitrogens with one attached hydrogen (secondary N) is 1. The van der Waals surface area contributed by atoms with Crippen LogP contribution in [0.15, 0.2) is 36.4 Å². The predicted molar refractivity (Wildman–Crippen MR) is 92.5 cm³/mol. The number of Topliss-reactive ketones (excluding diaryl/α,β-unsaturated/α-hetero) is 1. The van der Waals surface area contributed by atoms with E-state index in [4.69, 9.17) is 21.1 Å². The summed E-state index contributed by atoms with van der Waals surface area (Å²) in [5, 5.41) is 13.8. The van der Waals surface area contributed by atoms with Crippen LogP contribution in [0.4, 0.5) is 5.69 Å². The topological polar surface area (TPSA) is 84.9 Å². The van der Waals surface area contributed by atoms with Crippen LogP contribution in [0.2, 0.25) is 5.02 Å². The molecule has 6 nitrogen and oxygen atoms in total. The maximum absolute atomic E-state index is 12.8. The first-order valence-corrected chi connectivity index (χ1v) is 7.86. The number of ether oxygens (including phenoxy) is 2. The molecule has 0 aliphatic carbocycles. The maximum atomic E-state index is 12.8. The van der Waals surface area contributed by atoms with Gasteiger partial charge in [0.1, 0.15) is 11.5 Å². The fourth-order valence-electron chi connectivity index (χ4n) is 2.85. The Morgan fingerprint density at radius 2 is 1.96 bits per heavy atom. The van der Waals surface area contributed by atoms with Crippen molar-refractivity contribution in [1.82, 2.24) is 0 Å². The van der Waals surface area contributed by atoms with E-state index >= 15 is 0 Å². The van der Waals surface area contributed by atoms with E-state index in [9.17, 15) is 14.7 Å². The quantitative estimate of drug-likeness (QED) is 0.800. The van der Waals surface area contributed by atoms with Crippen LogP contribution in [-0.2, 0) is 10.4 Å². The molecule has 3 rings (SSSR count). The Kier molecular flexibility index (Phi) is 4.41. The second-order valence-corrected chi connectivity index (χ2v) is 6.11. The summed E-state index contributed by atoms with van der Waals surface area (Å²) in [5.74, 6) is -0.323. The molecule has 2 aromatic rings. The third-order valence-electron chi connectivity index (χ3n) is 4.17. The fraction of sp³-hybridized carbons (Fsp3) is 0.222. The monoisotopic (exact) mass is 361 g/mol. The van der Waals surface area contributed by atoms with E-state index < -0.39 is 23.7 Å². The van der Waals surface area contributed by atoms with E-state index in [0.29, 0.717) is 22.2 Å². The first-order chi connectivity index (χ1) is 11.9. The molecule has 1 heterocycles. The lowest BCUT2D eigenvalue weighted by molar-refractivity contribution is -0.133. The Hall–Kier alpha value is -2.57. The van der Waals surface area contributed by atoms with E-state index in [1.165, 1.54) is 26.4 Å². The smallest absolute Gasteiger partial charge is 0.261 e. The number of amides is 1. The summed E-state index contributed by atoms with van der Waals surface area (Å²) in [6.07, 6.45) is -0.449. The van der Waals surface area contributed by atoms with Crippen molar-refractivity contribution < 1.29 is 24.2 Å². The van der Waals surface area contributed by atoms with Crippen LogP contribution in [-0.4, -0.2) is 31.0 Å². The maximum Gasteiger partial charge on any atom is 0.261 e. The minimum atomic E-state index is -1.99. The summed E-state index contributed by atoms with van der Waals surface area (Å²) in [4.78, 5) is 25.1. The van der Waals surface area contributed by atoms with Gasteiger partial charge in [0, 0.05) is 16.3 Å². The summed E-state index contributed by atoms with van der Waals surface area (Å²) >= 11 is 5.97. The van der Waals surface area contributed by atoms with E-state index in [1.807, 2.05) is 0 Å². The molecule has 0 saturated heterocycles. The Balaban J connectivity index is 1.99. The lowest BCUT2D eigenvalue weighted by Crippen LogP contribution is -2.36. The Morgan fingerprint density at radius 1 is 1.20 bits per heavy atom. The summed E-state index contributed by atoms with van der Waals surface area (Å²) in [7, 11) is 2.91. The van der Waals surface area contributed by atoms with Gasteiger partial charge in [-0.05, 0) is 36.4 Å². The van der Waals surface area contributed by atoms with E-state index in [1.54, 1.807) is 24.3 Å². The summed E-state index contributed by atoms with van der Waals surface area (Å²) < 4.78 is 10.3. The number of carbonyl (C=O) groups is 2. The predicted octanol–water partition coefficient (Wildman–Crippen LogP) is 2.77. The van der Waals surface area contributed by atoms with Crippen LogP contribution >= 0.6 is 11.6 Å². The number of aliphatic hydroxyl groups is 1. The number of anilines is 1. The minimum absolute atomic E-state index is 0.221. The average Bonchev–Trinajstić information content (AvgIpc) is 2.85. The lowest BCUT2D eigenvalue weighted by Gasteiger charge is -2.21. The molecule has 1 amide bonds. The van der Waals surface area contributed by atoms with Crippen LogP contribution in [0.3, 0.4) is 0 Å². The van der Waals surface area contributed by atoms with Gasteiger partial charge in [0.15, 0.2) is 11.4 Å². The van der Waals surface area contributed by atoms with Crippen molar-refractivity contribution in [2.24, 2.45) is 0 Å². The lowest BCUT2D eigenvalue weighted by atomic mass is 9.88. The first-order valence-electron chi connectivity index (χ1n) is 7.48. The van der Waals surface area contributed by atoms with Crippen molar-refractivity contribution >= 4 is 29.0 Å². The molecule has 2 N–H and O–H groups in total. The fourth-order valence-corrected chi connectivity index (χ4v) is 3.02. The molecule has 7 heteroatoms. The second kappa shape index (κ2) is 6.38. The van der Waals surface area contributed by atoms with E-state index in [2.05, 4.69) is 5.32 Å². The summed E-state index contributed by atoms with van der Waals surface area (Å²) in [6.45, 7) is 0. The van der Waals surface area contributed by atoms with Gasteiger partial charge in [-0.3, -0.25) is 9.59 Å². The largest absolute Gasteiger partial charge is 0.497 e. The van der Waals surface area contributed by atoms with Crippen molar-refractivity contribution in [3.05, 3.63) is 52.5 Å². The normalized spacial score (nSPS) is 18.5. The van der Waals surface area contributed by atoms with Crippen molar-refractivity contribution in [2.45, 2.75) is 12.0 Å². The number of hydrogen-bond donors (Lipinski definition) is 2. The molecule has 0 fully saturated rings. The molecule has 25 heavy (non-hydrogen) atoms. The first kappa shape index (κ1) is 17.3. The third kappa shape index (κ3) is 2.94. The van der Waals surface area contributed by atoms with Gasteiger partial charge in [0.2, 0.25) is 0 Å². The number of halogens is 1. The third-order valence-corrected chi connectivity index (χ3v) is 4.41. The number of rotatable bonds is 5. The molecule has 0 unspecified atom stereocenters. The summed E-state index contributed by atoms with van der Waals surface area (Å²) in [5.41, 5.74) is -1.06. The molecule has 2 aromatic carbocycles. The van der Waals surface area contributed by atoms with Gasteiger partial charge in [-0.15, -0.1) is 0 Å². The standard InChI is InChI=1S/C18H16ClNO5/c1-24-11-4-6-16(25-2)12(8-11)15(21)9-18(23)13-7-10(19)3-5-14(13)20-17(18)22/h3-8,23H,9H2,1-2H3,(H,20,22)/t18-/m1/s1. The van der Waals surface area contributed by atoms with Gasteiger partial charge in [-0.1, -0.05) is 11.6 Å². The molecular weight excluding hydrogens is 346 g/mol. The summed E-state index contributed by atoms with van der Waals surface area (Å²) in [6, 6.07) is 9.42. The van der Waals surface area contributed by atoms with Gasteiger partial charge < -0.3 is 19.9 Å². The Morgan fingerprint density at radius 3 is 2.64 bits per heavy atom. The molecule has 0 bridgehead atoms. The SMILES string of the molecule is COc1ccc(OC)c(C(=O)C[C@]2(O)C(=O)Nc3ccc(Cl)cc32)c1. The molecule has 0 saturated carbocycles. The van der Waals surface area contributed by atoms with Gasteiger partial charge >= 0.3 is 0 Å². The number of methoxy groups -OCH3 is 2. The van der Waals surface area contributed by atoms with E-state index in [0.717, 1.165) is 0 Å². The second-order valence-electron chi connectivity index (χ2n) is 5.67. The molecule has 1 atom stereocenters. The van der Waals surface area contributed by atoms with Crippen LogP contribution < -0.4 is 14.8 Å². The molecule has 130 valence electrons. The Bertz CT molecular complexity index is 867. The van der Waals surface area contributed by atoms with Crippen molar-refractivity contribution in [2.75, 3.05) is 19.5 Å². The van der Waals surface area contributed by atoms with E-state index in [-0.39, 0.29) is 11.1 Å². The minimum Gasteiger partial charge on any atom is -0.497 e. The highest BCUT2D eigenvalue weighted by Crippen LogP contribution is 2.41. The van der Waals surface area contributed by atoms with Crippen LogP contribution in [0, 0.1) is 0 Å². The van der Waals surface area contributed by atoms with Gasteiger partial charge in [0.25, 0.3) is 5.91 Å². The zero-order valence-electron chi connectivity index (χ0n) is 13.6. The molecule has 1 aliphatic heterocycles. The van der Waals surface area contributed by atoms with Crippen LogP contribution in [0.25, 0.3) is 0 Å². The van der Waals surface area contributed by atoms with Gasteiger partial charge in [-0.2, -0.15) is 0 Å². The molecule has 0 spiro atoms. The number of carbonyl (C=O) groups excluding carboxylic acids is 2. The van der Waals surface area contributed by atoms with Gasteiger partial charge in [-0.25, -0.2) is 0 Å². The van der Waals surface area contributed by atoms with Crippen LogP contribution in [0.1, 0.15) is 22.3 Å². The zero-order chi connectivity index (χ0) is 18.2. The Labute approximate surface area is 149 Å². The van der Waals surface area contributed by atoms with Crippen molar-refractivity contribution in [1.29, 1.82) is 0 Å². The molecular formula is C18H16ClNO5. The number of ketones is 1. The number of hydrogen-bond acceptors (Lipinski definition) is 5. The number of benzene rings is 2.